The molecule has 1 atom stereocenters. The van der Waals surface area contributed by atoms with Crippen molar-refractivity contribution in [2.75, 3.05) is 11.1 Å². The standard InChI is InChI=1S/C22H18N2O4S/c1-14(21(26)23-17-11-6-8-15-7-2-3-9-16(15)17)27-20(25)13-29-22-24-18-10-4-5-12-19(18)28-22/h2-12,14H,13H2,1H3,(H,23,26). The predicted molar refractivity (Wildman–Crippen MR) is 113 cm³/mol. The van der Waals surface area contributed by atoms with Crippen molar-refractivity contribution in [1.82, 2.24) is 4.98 Å². The van der Waals surface area contributed by atoms with Gasteiger partial charge in [0.25, 0.3) is 11.1 Å². The third kappa shape index (κ3) is 4.41. The van der Waals surface area contributed by atoms with Crippen molar-refractivity contribution in [3.8, 4) is 0 Å². The number of para-hydroxylation sites is 2. The summed E-state index contributed by atoms with van der Waals surface area (Å²) in [6, 6.07) is 20.8. The van der Waals surface area contributed by atoms with Gasteiger partial charge in [-0.2, -0.15) is 0 Å². The number of hydrogen-bond acceptors (Lipinski definition) is 6. The predicted octanol–water partition coefficient (Wildman–Crippen LogP) is 4.64. The maximum Gasteiger partial charge on any atom is 0.317 e. The van der Waals surface area contributed by atoms with Crippen LogP contribution in [-0.2, 0) is 14.3 Å². The second-order valence-electron chi connectivity index (χ2n) is 6.38. The number of anilines is 1. The molecule has 6 nitrogen and oxygen atoms in total. The number of benzene rings is 3. The van der Waals surface area contributed by atoms with Crippen LogP contribution in [0.2, 0.25) is 0 Å². The molecule has 0 spiro atoms. The van der Waals surface area contributed by atoms with Crippen LogP contribution < -0.4 is 5.32 Å². The minimum absolute atomic E-state index is 0.00128. The summed E-state index contributed by atoms with van der Waals surface area (Å²) in [6.07, 6.45) is -0.925. The summed E-state index contributed by atoms with van der Waals surface area (Å²) in [6.45, 7) is 1.54. The van der Waals surface area contributed by atoms with Gasteiger partial charge in [0.1, 0.15) is 11.3 Å². The first-order valence-corrected chi connectivity index (χ1v) is 10.1. The number of amides is 1. The number of nitrogens with zero attached hydrogens (tertiary/aromatic N) is 1. The minimum Gasteiger partial charge on any atom is -0.452 e. The second kappa shape index (κ2) is 8.36. The van der Waals surface area contributed by atoms with Crippen LogP contribution in [0.5, 0.6) is 0 Å². The average molecular weight is 406 g/mol. The van der Waals surface area contributed by atoms with Crippen LogP contribution in [0.15, 0.2) is 76.4 Å². The van der Waals surface area contributed by atoms with E-state index in [4.69, 9.17) is 9.15 Å². The molecule has 1 unspecified atom stereocenters. The van der Waals surface area contributed by atoms with Gasteiger partial charge in [-0.3, -0.25) is 9.59 Å². The molecule has 1 N–H and O–H groups in total. The van der Waals surface area contributed by atoms with Crippen molar-refractivity contribution in [2.45, 2.75) is 18.3 Å². The summed E-state index contributed by atoms with van der Waals surface area (Å²) < 4.78 is 10.8. The normalized spacial score (nSPS) is 12.0. The topological polar surface area (TPSA) is 81.4 Å². The van der Waals surface area contributed by atoms with E-state index >= 15 is 0 Å². The van der Waals surface area contributed by atoms with Crippen LogP contribution in [0.25, 0.3) is 21.9 Å². The van der Waals surface area contributed by atoms with Crippen LogP contribution in [0.4, 0.5) is 5.69 Å². The van der Waals surface area contributed by atoms with E-state index < -0.39 is 12.1 Å². The number of hydrogen-bond donors (Lipinski definition) is 1. The third-order valence-electron chi connectivity index (χ3n) is 4.31. The van der Waals surface area contributed by atoms with Crippen LogP contribution in [0.1, 0.15) is 6.92 Å². The van der Waals surface area contributed by atoms with Crippen LogP contribution in [-0.4, -0.2) is 28.7 Å². The number of esters is 1. The molecule has 0 saturated carbocycles. The number of aromatic nitrogens is 1. The Kier molecular flexibility index (Phi) is 5.48. The molecule has 146 valence electrons. The molecule has 4 rings (SSSR count). The van der Waals surface area contributed by atoms with Crippen molar-refractivity contribution in [3.05, 3.63) is 66.7 Å². The molecule has 0 aliphatic carbocycles. The number of oxazole rings is 1. The maximum atomic E-state index is 12.5. The Labute approximate surface area is 171 Å². The molecule has 0 radical (unpaired) electrons. The molecule has 0 aliphatic heterocycles. The van der Waals surface area contributed by atoms with Gasteiger partial charge in [0.05, 0.1) is 0 Å². The van der Waals surface area contributed by atoms with Crippen LogP contribution in [0.3, 0.4) is 0 Å². The van der Waals surface area contributed by atoms with E-state index in [-0.39, 0.29) is 11.7 Å². The van der Waals surface area contributed by atoms with E-state index in [0.717, 1.165) is 28.1 Å². The first-order chi connectivity index (χ1) is 14.1. The summed E-state index contributed by atoms with van der Waals surface area (Å²) in [4.78, 5) is 28.9. The average Bonchev–Trinajstić information content (AvgIpc) is 3.15. The lowest BCUT2D eigenvalue weighted by Gasteiger charge is -2.14. The molecular weight excluding hydrogens is 388 g/mol. The van der Waals surface area contributed by atoms with E-state index in [1.165, 1.54) is 0 Å². The maximum absolute atomic E-state index is 12.5. The van der Waals surface area contributed by atoms with Crippen molar-refractivity contribution >= 4 is 51.2 Å². The Morgan fingerprint density at radius 1 is 1.07 bits per heavy atom. The van der Waals surface area contributed by atoms with E-state index in [2.05, 4.69) is 10.3 Å². The highest BCUT2D eigenvalue weighted by Crippen LogP contribution is 2.24. The molecule has 7 heteroatoms. The Morgan fingerprint density at radius 3 is 2.69 bits per heavy atom. The van der Waals surface area contributed by atoms with Crippen LogP contribution >= 0.6 is 11.8 Å². The molecule has 3 aromatic carbocycles. The van der Waals surface area contributed by atoms with E-state index in [9.17, 15) is 9.59 Å². The summed E-state index contributed by atoms with van der Waals surface area (Å²) >= 11 is 1.13. The zero-order valence-electron chi connectivity index (χ0n) is 15.6. The smallest absolute Gasteiger partial charge is 0.317 e. The van der Waals surface area contributed by atoms with Crippen molar-refractivity contribution in [1.29, 1.82) is 0 Å². The first kappa shape index (κ1) is 19.0. The fraction of sp³-hybridized carbons (Fsp3) is 0.136. The van der Waals surface area contributed by atoms with Crippen molar-refractivity contribution < 1.29 is 18.7 Å². The Hall–Kier alpha value is -3.32. The molecule has 29 heavy (non-hydrogen) atoms. The molecule has 4 aromatic rings. The fourth-order valence-corrected chi connectivity index (χ4v) is 3.51. The highest BCUT2D eigenvalue weighted by atomic mass is 32.2. The van der Waals surface area contributed by atoms with Crippen molar-refractivity contribution in [2.24, 2.45) is 0 Å². The third-order valence-corrected chi connectivity index (χ3v) is 5.11. The minimum atomic E-state index is -0.925. The summed E-state index contributed by atoms with van der Waals surface area (Å²) in [5.41, 5.74) is 2.06. The van der Waals surface area contributed by atoms with E-state index in [1.54, 1.807) is 6.92 Å². The molecular formula is C22H18N2O4S. The lowest BCUT2D eigenvalue weighted by molar-refractivity contribution is -0.150. The van der Waals surface area contributed by atoms with Gasteiger partial charge in [-0.05, 0) is 30.5 Å². The zero-order chi connectivity index (χ0) is 20.2. The van der Waals surface area contributed by atoms with Gasteiger partial charge in [0.15, 0.2) is 11.7 Å². The number of fused-ring (bicyclic) bond motifs is 2. The van der Waals surface area contributed by atoms with E-state index in [0.29, 0.717) is 16.5 Å². The summed E-state index contributed by atoms with van der Waals surface area (Å²) in [7, 11) is 0. The highest BCUT2D eigenvalue weighted by Gasteiger charge is 2.19. The lowest BCUT2D eigenvalue weighted by atomic mass is 10.1. The number of rotatable bonds is 6. The summed E-state index contributed by atoms with van der Waals surface area (Å²) in [5, 5.41) is 5.16. The van der Waals surface area contributed by atoms with Gasteiger partial charge in [0.2, 0.25) is 0 Å². The SMILES string of the molecule is CC(OC(=O)CSc1nc2ccccc2o1)C(=O)Nc1cccc2ccccc12. The van der Waals surface area contributed by atoms with Crippen LogP contribution in [0, 0.1) is 0 Å². The number of ether oxygens (including phenoxy) is 1. The Morgan fingerprint density at radius 2 is 1.83 bits per heavy atom. The van der Waals surface area contributed by atoms with Gasteiger partial charge in [0, 0.05) is 11.1 Å². The van der Waals surface area contributed by atoms with E-state index in [1.807, 2.05) is 66.7 Å². The molecule has 1 amide bonds. The molecule has 0 fully saturated rings. The Balaban J connectivity index is 1.33. The zero-order valence-corrected chi connectivity index (χ0v) is 16.4. The van der Waals surface area contributed by atoms with Gasteiger partial charge >= 0.3 is 5.97 Å². The lowest BCUT2D eigenvalue weighted by Crippen LogP contribution is -2.30. The highest BCUT2D eigenvalue weighted by molar-refractivity contribution is 7.99. The number of thioether (sulfide) groups is 1. The molecule has 1 heterocycles. The first-order valence-electron chi connectivity index (χ1n) is 9.06. The van der Waals surface area contributed by atoms with Gasteiger partial charge in [-0.15, -0.1) is 0 Å². The molecule has 0 aliphatic rings. The molecule has 1 aromatic heterocycles. The monoisotopic (exact) mass is 406 g/mol. The number of carbonyl (C=O) groups is 2. The summed E-state index contributed by atoms with van der Waals surface area (Å²) in [5.74, 6) is -0.905. The fourth-order valence-electron chi connectivity index (χ4n) is 2.89. The van der Waals surface area contributed by atoms with Crippen molar-refractivity contribution in [3.63, 3.8) is 0 Å². The largest absolute Gasteiger partial charge is 0.452 e. The second-order valence-corrected chi connectivity index (χ2v) is 7.31. The van der Waals surface area contributed by atoms with Gasteiger partial charge in [-0.1, -0.05) is 60.3 Å². The Bertz CT molecular complexity index is 1150. The van der Waals surface area contributed by atoms with Gasteiger partial charge < -0.3 is 14.5 Å². The molecule has 0 saturated heterocycles. The number of carbonyl (C=O) groups excluding carboxylic acids is 2. The quantitative estimate of drug-likeness (QED) is 0.371. The molecule has 0 bridgehead atoms. The van der Waals surface area contributed by atoms with Gasteiger partial charge in [-0.25, -0.2) is 4.98 Å². The number of nitrogens with one attached hydrogen (secondary N) is 1.